The zero-order valence-corrected chi connectivity index (χ0v) is 16.8. The van der Waals surface area contributed by atoms with Crippen molar-refractivity contribution in [3.63, 3.8) is 0 Å². The van der Waals surface area contributed by atoms with Crippen LogP contribution < -0.4 is 5.56 Å². The quantitative estimate of drug-likeness (QED) is 0.615. The molecular formula is C19H22N4O4S. The summed E-state index contributed by atoms with van der Waals surface area (Å²) in [6.07, 6.45) is 1.57. The normalized spacial score (nSPS) is 23.8. The fraction of sp³-hybridized carbons (Fsp3) is 0.474. The summed E-state index contributed by atoms with van der Waals surface area (Å²) in [7, 11) is 0. The van der Waals surface area contributed by atoms with Gasteiger partial charge in [-0.05, 0) is 39.2 Å². The molecule has 148 valence electrons. The fourth-order valence-electron chi connectivity index (χ4n) is 3.93. The van der Waals surface area contributed by atoms with Gasteiger partial charge >= 0.3 is 0 Å². The molecule has 2 aliphatic rings. The van der Waals surface area contributed by atoms with Crippen molar-refractivity contribution < 1.29 is 9.66 Å². The molecule has 2 aromatic rings. The number of nitro benzene ring substituents is 1. The molecule has 0 spiro atoms. The average Bonchev–Trinajstić information content (AvgIpc) is 2.97. The number of non-ortho nitro benzene ring substituents is 1. The van der Waals surface area contributed by atoms with Gasteiger partial charge in [-0.2, -0.15) is 0 Å². The van der Waals surface area contributed by atoms with E-state index >= 15 is 0 Å². The molecular weight excluding hydrogens is 380 g/mol. The molecule has 2 atom stereocenters. The third-order valence-corrected chi connectivity index (χ3v) is 6.35. The predicted molar refractivity (Wildman–Crippen MR) is 109 cm³/mol. The maximum absolute atomic E-state index is 12.9. The highest BCUT2D eigenvalue weighted by Crippen LogP contribution is 2.45. The smallest absolute Gasteiger partial charge is 0.271 e. The van der Waals surface area contributed by atoms with E-state index in [-0.39, 0.29) is 28.1 Å². The SMILES string of the molecule is CC1=Nc2c(c(=O)[nH]n2[C@H]2CCOC(C)(C)C2)[C@H](c2cccc([N+](=O)[O-])c2)S1. The van der Waals surface area contributed by atoms with Crippen molar-refractivity contribution in [1.82, 2.24) is 9.78 Å². The second kappa shape index (κ2) is 6.89. The first-order chi connectivity index (χ1) is 13.2. The molecule has 0 unspecified atom stereocenters. The topological polar surface area (TPSA) is 103 Å². The summed E-state index contributed by atoms with van der Waals surface area (Å²) in [5.41, 5.74) is 0.838. The van der Waals surface area contributed by atoms with Crippen molar-refractivity contribution >= 4 is 28.3 Å². The van der Waals surface area contributed by atoms with Crippen LogP contribution in [0.4, 0.5) is 11.5 Å². The van der Waals surface area contributed by atoms with Gasteiger partial charge in [-0.15, -0.1) is 0 Å². The van der Waals surface area contributed by atoms with Crippen molar-refractivity contribution in [1.29, 1.82) is 0 Å². The van der Waals surface area contributed by atoms with E-state index in [1.54, 1.807) is 6.07 Å². The molecule has 9 heteroatoms. The van der Waals surface area contributed by atoms with Crippen molar-refractivity contribution in [2.45, 2.75) is 50.5 Å². The predicted octanol–water partition coefficient (Wildman–Crippen LogP) is 4.10. The number of aromatic amines is 1. The average molecular weight is 402 g/mol. The van der Waals surface area contributed by atoms with Gasteiger partial charge in [0.1, 0.15) is 0 Å². The van der Waals surface area contributed by atoms with Crippen LogP contribution in [0.25, 0.3) is 0 Å². The Morgan fingerprint density at radius 3 is 2.93 bits per heavy atom. The van der Waals surface area contributed by atoms with Crippen LogP contribution in [0.5, 0.6) is 0 Å². The molecule has 1 aromatic heterocycles. The largest absolute Gasteiger partial charge is 0.375 e. The van der Waals surface area contributed by atoms with E-state index in [2.05, 4.69) is 10.1 Å². The van der Waals surface area contributed by atoms with Crippen LogP contribution in [0.15, 0.2) is 34.1 Å². The Labute approximate surface area is 166 Å². The highest BCUT2D eigenvalue weighted by molar-refractivity contribution is 8.14. The Bertz CT molecular complexity index is 1020. The molecule has 0 bridgehead atoms. The second-order valence-corrected chi connectivity index (χ2v) is 9.08. The molecule has 4 rings (SSSR count). The van der Waals surface area contributed by atoms with Crippen molar-refractivity contribution in [2.24, 2.45) is 4.99 Å². The second-order valence-electron chi connectivity index (χ2n) is 7.78. The number of hydrogen-bond acceptors (Lipinski definition) is 6. The number of rotatable bonds is 3. The van der Waals surface area contributed by atoms with Crippen LogP contribution in [-0.2, 0) is 4.74 Å². The summed E-state index contributed by atoms with van der Waals surface area (Å²) < 4.78 is 7.68. The molecule has 0 aliphatic carbocycles. The third-order valence-electron chi connectivity index (χ3n) is 5.17. The first-order valence-corrected chi connectivity index (χ1v) is 10.1. The van der Waals surface area contributed by atoms with E-state index in [0.717, 1.165) is 23.4 Å². The lowest BCUT2D eigenvalue weighted by Crippen LogP contribution is -2.35. The maximum atomic E-state index is 12.9. The fourth-order valence-corrected chi connectivity index (χ4v) is 5.02. The Morgan fingerprint density at radius 1 is 1.43 bits per heavy atom. The molecule has 8 nitrogen and oxygen atoms in total. The lowest BCUT2D eigenvalue weighted by molar-refractivity contribution is -0.384. The van der Waals surface area contributed by atoms with E-state index in [4.69, 9.17) is 4.74 Å². The molecule has 3 heterocycles. The van der Waals surface area contributed by atoms with Gasteiger partial charge in [-0.3, -0.25) is 24.7 Å². The highest BCUT2D eigenvalue weighted by Gasteiger charge is 2.36. The Kier molecular flexibility index (Phi) is 4.67. The standard InChI is InChI=1S/C19H22N4O4S/c1-11-20-17-15(16(28-11)12-5-4-6-13(9-12)23(25)26)18(24)21-22(17)14-7-8-27-19(2,3)10-14/h4-6,9,14,16H,7-8,10H2,1-3H3,(H,21,24)/t14-,16-/m0/s1. The van der Waals surface area contributed by atoms with Gasteiger partial charge in [0.15, 0.2) is 5.82 Å². The minimum Gasteiger partial charge on any atom is -0.375 e. The van der Waals surface area contributed by atoms with Gasteiger partial charge in [-0.1, -0.05) is 23.9 Å². The van der Waals surface area contributed by atoms with Crippen LogP contribution in [0.1, 0.15) is 56.0 Å². The number of ether oxygens (including phenoxy) is 1. The highest BCUT2D eigenvalue weighted by atomic mass is 32.2. The summed E-state index contributed by atoms with van der Waals surface area (Å²) >= 11 is 1.45. The van der Waals surface area contributed by atoms with Crippen molar-refractivity contribution in [3.8, 4) is 0 Å². The molecule has 2 aliphatic heterocycles. The third kappa shape index (κ3) is 3.40. The Hall–Kier alpha value is -2.39. The molecule has 1 saturated heterocycles. The van der Waals surface area contributed by atoms with Crippen LogP contribution in [0, 0.1) is 10.1 Å². The molecule has 0 saturated carbocycles. The summed E-state index contributed by atoms with van der Waals surface area (Å²) in [5.74, 6) is 0.625. The van der Waals surface area contributed by atoms with Crippen LogP contribution in [0.3, 0.4) is 0 Å². The number of aliphatic imine (C=N–C) groups is 1. The van der Waals surface area contributed by atoms with Crippen molar-refractivity contribution in [3.05, 3.63) is 55.9 Å². The zero-order valence-electron chi connectivity index (χ0n) is 16.0. The van der Waals surface area contributed by atoms with Crippen LogP contribution in [-0.4, -0.2) is 32.0 Å². The van der Waals surface area contributed by atoms with E-state index in [1.807, 2.05) is 31.5 Å². The first-order valence-electron chi connectivity index (χ1n) is 9.20. The number of nitrogens with zero attached hydrogens (tertiary/aromatic N) is 3. The van der Waals surface area contributed by atoms with Crippen LogP contribution >= 0.6 is 11.8 Å². The van der Waals surface area contributed by atoms with Gasteiger partial charge in [-0.25, -0.2) is 4.99 Å². The minimum absolute atomic E-state index is 0.0156. The summed E-state index contributed by atoms with van der Waals surface area (Å²) in [4.78, 5) is 28.3. The number of hydrogen-bond donors (Lipinski definition) is 1. The Morgan fingerprint density at radius 2 is 2.21 bits per heavy atom. The molecule has 0 radical (unpaired) electrons. The number of aromatic nitrogens is 2. The minimum atomic E-state index is -0.418. The lowest BCUT2D eigenvalue weighted by atomic mass is 9.94. The number of H-pyrrole nitrogens is 1. The number of fused-ring (bicyclic) bond motifs is 1. The summed E-state index contributed by atoms with van der Waals surface area (Å²) in [6.45, 7) is 6.61. The van der Waals surface area contributed by atoms with E-state index in [9.17, 15) is 14.9 Å². The van der Waals surface area contributed by atoms with E-state index in [0.29, 0.717) is 18.0 Å². The molecule has 1 fully saturated rings. The van der Waals surface area contributed by atoms with Crippen LogP contribution in [0.2, 0.25) is 0 Å². The summed E-state index contributed by atoms with van der Waals surface area (Å²) in [6, 6.07) is 6.56. The van der Waals surface area contributed by atoms with E-state index in [1.165, 1.54) is 23.9 Å². The van der Waals surface area contributed by atoms with Gasteiger partial charge in [0.2, 0.25) is 0 Å². The molecule has 0 amide bonds. The number of nitrogens with one attached hydrogen (secondary N) is 1. The number of nitro groups is 1. The lowest BCUT2D eigenvalue weighted by Gasteiger charge is -2.36. The molecule has 1 N–H and O–H groups in total. The van der Waals surface area contributed by atoms with Gasteiger partial charge in [0.25, 0.3) is 11.2 Å². The molecule has 28 heavy (non-hydrogen) atoms. The number of thioether (sulfide) groups is 1. The van der Waals surface area contributed by atoms with Crippen molar-refractivity contribution in [2.75, 3.05) is 6.61 Å². The van der Waals surface area contributed by atoms with Gasteiger partial charge in [0, 0.05) is 18.7 Å². The van der Waals surface area contributed by atoms with E-state index < -0.39 is 4.92 Å². The van der Waals surface area contributed by atoms with Gasteiger partial charge < -0.3 is 4.74 Å². The Balaban J connectivity index is 1.80. The molecule has 1 aromatic carbocycles. The maximum Gasteiger partial charge on any atom is 0.271 e. The zero-order chi connectivity index (χ0) is 20.1. The van der Waals surface area contributed by atoms with Gasteiger partial charge in [0.05, 0.1) is 32.4 Å². The first kappa shape index (κ1) is 18.9. The number of benzene rings is 1. The monoisotopic (exact) mass is 402 g/mol. The summed E-state index contributed by atoms with van der Waals surface area (Å²) in [5, 5.41) is 14.6.